The summed E-state index contributed by atoms with van der Waals surface area (Å²) in [5.41, 5.74) is 2.19. The standard InChI is InChI=1S/C18H25FN2O2.C2H7N.C2H6/c1-5-16(17(13-20(2)3)18(22)21(4)19)11-12-23-14-15-9-7-6-8-10-15;1-3-2;1-2/h6-11,13H,5,12,14H2,1-4H3;3H,1-2H3;1-2H3/b16-11-,17-13+;;. The van der Waals surface area contributed by atoms with Gasteiger partial charge < -0.3 is 15.0 Å². The first-order chi connectivity index (χ1) is 13.4. The molecule has 1 N–H and O–H groups in total. The summed E-state index contributed by atoms with van der Waals surface area (Å²) in [7, 11) is 8.44. The van der Waals surface area contributed by atoms with Crippen molar-refractivity contribution in [2.75, 3.05) is 41.8 Å². The summed E-state index contributed by atoms with van der Waals surface area (Å²) in [6.07, 6.45) is 4.08. The highest BCUT2D eigenvalue weighted by Gasteiger charge is 2.18. The number of hydrogen-bond acceptors (Lipinski definition) is 4. The van der Waals surface area contributed by atoms with E-state index in [1.165, 1.54) is 0 Å². The van der Waals surface area contributed by atoms with Crippen LogP contribution in [0.1, 0.15) is 32.8 Å². The minimum atomic E-state index is -0.658. The van der Waals surface area contributed by atoms with E-state index in [0.717, 1.165) is 18.2 Å². The summed E-state index contributed by atoms with van der Waals surface area (Å²) < 4.78 is 18.9. The molecule has 160 valence electrons. The molecule has 5 nitrogen and oxygen atoms in total. The molecule has 0 radical (unpaired) electrons. The van der Waals surface area contributed by atoms with E-state index in [9.17, 15) is 9.28 Å². The van der Waals surface area contributed by atoms with E-state index >= 15 is 0 Å². The summed E-state index contributed by atoms with van der Waals surface area (Å²) in [5, 5.41) is 2.85. The fourth-order valence-electron chi connectivity index (χ4n) is 2.05. The first kappa shape index (κ1) is 28.0. The zero-order valence-corrected chi connectivity index (χ0v) is 18.8. The maximum Gasteiger partial charge on any atom is 0.282 e. The molecule has 1 amide bonds. The van der Waals surface area contributed by atoms with Crippen LogP contribution in [0.3, 0.4) is 0 Å². The Kier molecular flexibility index (Phi) is 18.2. The van der Waals surface area contributed by atoms with Gasteiger partial charge in [0.15, 0.2) is 0 Å². The van der Waals surface area contributed by atoms with Crippen LogP contribution in [0.4, 0.5) is 4.48 Å². The van der Waals surface area contributed by atoms with Crippen molar-refractivity contribution in [1.29, 1.82) is 0 Å². The highest BCUT2D eigenvalue weighted by Crippen LogP contribution is 2.17. The van der Waals surface area contributed by atoms with Crippen LogP contribution >= 0.6 is 0 Å². The van der Waals surface area contributed by atoms with E-state index in [-0.39, 0.29) is 5.12 Å². The number of ether oxygens (including phenoxy) is 1. The number of benzene rings is 1. The van der Waals surface area contributed by atoms with E-state index < -0.39 is 5.91 Å². The van der Waals surface area contributed by atoms with Gasteiger partial charge in [0.2, 0.25) is 0 Å². The van der Waals surface area contributed by atoms with Crippen LogP contribution in [0, 0.1) is 0 Å². The molecule has 0 saturated carbocycles. The number of amides is 1. The highest BCUT2D eigenvalue weighted by atomic mass is 19.2. The average Bonchev–Trinajstić information content (AvgIpc) is 2.69. The van der Waals surface area contributed by atoms with Crippen molar-refractivity contribution in [2.45, 2.75) is 33.8 Å². The number of hydrogen-bond donors (Lipinski definition) is 1. The van der Waals surface area contributed by atoms with Crippen LogP contribution in [-0.2, 0) is 16.1 Å². The lowest BCUT2D eigenvalue weighted by atomic mass is 10.0. The molecule has 0 aromatic heterocycles. The van der Waals surface area contributed by atoms with Gasteiger partial charge in [-0.2, -0.15) is 5.12 Å². The lowest BCUT2D eigenvalue weighted by Gasteiger charge is -2.15. The molecule has 0 unspecified atom stereocenters. The zero-order chi connectivity index (χ0) is 21.9. The second-order valence-corrected chi connectivity index (χ2v) is 5.87. The average molecular weight is 396 g/mol. The third kappa shape index (κ3) is 13.1. The molecule has 0 bridgehead atoms. The van der Waals surface area contributed by atoms with Gasteiger partial charge in [0.25, 0.3) is 5.91 Å². The molecule has 6 heteroatoms. The molecular weight excluding hydrogens is 357 g/mol. The molecule has 1 rings (SSSR count). The smallest absolute Gasteiger partial charge is 0.282 e. The Morgan fingerprint density at radius 3 is 2.11 bits per heavy atom. The number of nitrogens with zero attached hydrogens (tertiary/aromatic N) is 2. The van der Waals surface area contributed by atoms with Gasteiger partial charge in [-0.05, 0) is 31.7 Å². The third-order valence-corrected chi connectivity index (χ3v) is 3.18. The summed E-state index contributed by atoms with van der Waals surface area (Å²) in [6.45, 7) is 6.79. The van der Waals surface area contributed by atoms with Gasteiger partial charge in [-0.1, -0.05) is 61.7 Å². The van der Waals surface area contributed by atoms with E-state index in [4.69, 9.17) is 4.74 Å². The zero-order valence-electron chi connectivity index (χ0n) is 18.8. The van der Waals surface area contributed by atoms with Gasteiger partial charge in [0, 0.05) is 27.3 Å². The van der Waals surface area contributed by atoms with E-state index in [2.05, 4.69) is 5.32 Å². The Morgan fingerprint density at radius 2 is 1.68 bits per heavy atom. The second kappa shape index (κ2) is 18.2. The van der Waals surface area contributed by atoms with E-state index in [0.29, 0.717) is 25.2 Å². The maximum atomic E-state index is 13.3. The molecule has 0 aliphatic carbocycles. The third-order valence-electron chi connectivity index (χ3n) is 3.18. The number of carbonyl (C=O) groups excluding carboxylic acids is 1. The topological polar surface area (TPSA) is 44.8 Å². The Hall–Kier alpha value is -2.18. The van der Waals surface area contributed by atoms with Gasteiger partial charge in [-0.25, -0.2) is 0 Å². The monoisotopic (exact) mass is 395 g/mol. The van der Waals surface area contributed by atoms with Crippen LogP contribution in [0.2, 0.25) is 0 Å². The molecule has 0 fully saturated rings. The number of nitrogens with one attached hydrogen (secondary N) is 1. The van der Waals surface area contributed by atoms with Gasteiger partial charge in [-0.3, -0.25) is 4.79 Å². The molecule has 0 spiro atoms. The molecule has 28 heavy (non-hydrogen) atoms. The highest BCUT2D eigenvalue weighted by molar-refractivity contribution is 5.96. The van der Waals surface area contributed by atoms with Gasteiger partial charge >= 0.3 is 0 Å². The van der Waals surface area contributed by atoms with Crippen LogP contribution in [-0.4, -0.2) is 57.8 Å². The minimum Gasteiger partial charge on any atom is -0.383 e. The van der Waals surface area contributed by atoms with Crippen molar-refractivity contribution in [3.63, 3.8) is 0 Å². The quantitative estimate of drug-likeness (QED) is 0.310. The van der Waals surface area contributed by atoms with Crippen molar-refractivity contribution in [2.24, 2.45) is 0 Å². The largest absolute Gasteiger partial charge is 0.383 e. The van der Waals surface area contributed by atoms with Gasteiger partial charge in [-0.15, -0.1) is 0 Å². The first-order valence-corrected chi connectivity index (χ1v) is 9.58. The lowest BCUT2D eigenvalue weighted by molar-refractivity contribution is -0.138. The predicted molar refractivity (Wildman–Crippen MR) is 116 cm³/mol. The molecule has 0 saturated heterocycles. The predicted octanol–water partition coefficient (Wildman–Crippen LogP) is 4.19. The normalized spacial score (nSPS) is 10.9. The molecule has 0 aliphatic heterocycles. The summed E-state index contributed by atoms with van der Waals surface area (Å²) in [6, 6.07) is 9.85. The fourth-order valence-corrected chi connectivity index (χ4v) is 2.05. The Bertz CT molecular complexity index is 570. The lowest BCUT2D eigenvalue weighted by Crippen LogP contribution is -2.22. The minimum absolute atomic E-state index is 0.101. The second-order valence-electron chi connectivity index (χ2n) is 5.87. The number of carbonyl (C=O) groups is 1. The summed E-state index contributed by atoms with van der Waals surface area (Å²) in [5.74, 6) is -0.658. The Morgan fingerprint density at radius 1 is 1.14 bits per heavy atom. The van der Waals surface area contributed by atoms with Crippen molar-refractivity contribution < 1.29 is 14.0 Å². The van der Waals surface area contributed by atoms with Crippen molar-refractivity contribution in [1.82, 2.24) is 15.3 Å². The maximum absolute atomic E-state index is 13.3. The Labute approximate surface area is 170 Å². The number of rotatable bonds is 8. The van der Waals surface area contributed by atoms with Crippen LogP contribution in [0.25, 0.3) is 0 Å². The molecule has 0 aliphatic rings. The first-order valence-electron chi connectivity index (χ1n) is 9.58. The fraction of sp³-hybridized carbons (Fsp3) is 0.500. The summed E-state index contributed by atoms with van der Waals surface area (Å²) in [4.78, 5) is 13.7. The van der Waals surface area contributed by atoms with E-state index in [1.54, 1.807) is 25.2 Å². The van der Waals surface area contributed by atoms with E-state index in [1.807, 2.05) is 71.3 Å². The number of halogens is 1. The van der Waals surface area contributed by atoms with Crippen molar-refractivity contribution in [3.05, 3.63) is 59.3 Å². The number of likely N-dealkylation sites (N-methyl/N-ethyl adjacent to an activating group) is 1. The molecule has 0 atom stereocenters. The SMILES string of the molecule is CC.CCC(=C/COCc1ccccc1)/C(=C\N(C)C)C(=O)N(C)F.CNC. The van der Waals surface area contributed by atoms with Gasteiger partial charge in [0.1, 0.15) is 0 Å². The molecular formula is C22H38FN3O2. The summed E-state index contributed by atoms with van der Waals surface area (Å²) >= 11 is 0. The molecule has 1 aromatic rings. The van der Waals surface area contributed by atoms with Gasteiger partial charge in [0.05, 0.1) is 18.8 Å². The van der Waals surface area contributed by atoms with Crippen LogP contribution < -0.4 is 5.32 Å². The van der Waals surface area contributed by atoms with Crippen LogP contribution in [0.5, 0.6) is 0 Å². The molecule has 1 aromatic carbocycles. The Balaban J connectivity index is 0. The van der Waals surface area contributed by atoms with Crippen molar-refractivity contribution in [3.8, 4) is 0 Å². The molecule has 0 heterocycles. The van der Waals surface area contributed by atoms with Crippen LogP contribution in [0.15, 0.2) is 53.8 Å². The van der Waals surface area contributed by atoms with Crippen molar-refractivity contribution >= 4 is 5.91 Å².